The Labute approximate surface area is 109 Å². The zero-order valence-electron chi connectivity index (χ0n) is 10.7. The topological polar surface area (TPSA) is 51.3 Å². The number of aromatic amines is 1. The lowest BCUT2D eigenvalue weighted by molar-refractivity contribution is 0.0595. The standard InChI is InChI=1S/C14H14FNO3/c1-4-19-8(2)10-5-9(15)6-12-11(10)7-13(16-12)14(17)18-3/h5-7,16H,2,4H2,1,3H3. The number of carbonyl (C=O) groups is 1. The van der Waals surface area contributed by atoms with Crippen LogP contribution in [0.3, 0.4) is 0 Å². The van der Waals surface area contributed by atoms with E-state index in [1.807, 2.05) is 6.92 Å². The van der Waals surface area contributed by atoms with Crippen LogP contribution in [-0.2, 0) is 9.47 Å². The highest BCUT2D eigenvalue weighted by Crippen LogP contribution is 2.27. The number of methoxy groups -OCH3 is 1. The van der Waals surface area contributed by atoms with Crippen LogP contribution in [-0.4, -0.2) is 24.7 Å². The number of nitrogens with one attached hydrogen (secondary N) is 1. The zero-order chi connectivity index (χ0) is 14.0. The number of rotatable bonds is 4. The third kappa shape index (κ3) is 2.45. The molecule has 2 aromatic rings. The predicted octanol–water partition coefficient (Wildman–Crippen LogP) is 3.10. The molecule has 0 fully saturated rings. The fourth-order valence-corrected chi connectivity index (χ4v) is 1.91. The number of ether oxygens (including phenoxy) is 2. The van der Waals surface area contributed by atoms with Gasteiger partial charge in [0.05, 0.1) is 13.7 Å². The third-order valence-electron chi connectivity index (χ3n) is 2.73. The third-order valence-corrected chi connectivity index (χ3v) is 2.73. The minimum atomic E-state index is -0.510. The molecule has 100 valence electrons. The molecular weight excluding hydrogens is 249 g/mol. The molecule has 19 heavy (non-hydrogen) atoms. The number of H-pyrrole nitrogens is 1. The minimum absolute atomic E-state index is 0.258. The fraction of sp³-hybridized carbons (Fsp3) is 0.214. The lowest BCUT2D eigenvalue weighted by atomic mass is 10.1. The molecule has 0 aliphatic rings. The van der Waals surface area contributed by atoms with Crippen LogP contribution in [0.4, 0.5) is 4.39 Å². The van der Waals surface area contributed by atoms with Crippen molar-refractivity contribution in [2.24, 2.45) is 0 Å². The largest absolute Gasteiger partial charge is 0.494 e. The number of fused-ring (bicyclic) bond motifs is 1. The SMILES string of the molecule is C=C(OCC)c1cc(F)cc2[nH]c(C(=O)OC)cc12. The molecule has 0 aliphatic carbocycles. The van der Waals surface area contributed by atoms with Crippen molar-refractivity contribution in [3.8, 4) is 0 Å². The summed E-state index contributed by atoms with van der Waals surface area (Å²) in [4.78, 5) is 14.3. The van der Waals surface area contributed by atoms with Crippen molar-refractivity contribution in [2.45, 2.75) is 6.92 Å². The van der Waals surface area contributed by atoms with Gasteiger partial charge in [-0.25, -0.2) is 9.18 Å². The Morgan fingerprint density at radius 1 is 1.42 bits per heavy atom. The van der Waals surface area contributed by atoms with Crippen molar-refractivity contribution in [3.63, 3.8) is 0 Å². The molecule has 1 heterocycles. The van der Waals surface area contributed by atoms with E-state index < -0.39 is 11.8 Å². The normalized spacial score (nSPS) is 10.5. The van der Waals surface area contributed by atoms with Gasteiger partial charge in [0.2, 0.25) is 0 Å². The van der Waals surface area contributed by atoms with E-state index in [0.717, 1.165) is 0 Å². The maximum atomic E-state index is 13.6. The lowest BCUT2D eigenvalue weighted by Crippen LogP contribution is -2.00. The molecule has 2 rings (SSSR count). The molecule has 0 atom stereocenters. The number of hydrogen-bond acceptors (Lipinski definition) is 3. The zero-order valence-corrected chi connectivity index (χ0v) is 10.7. The van der Waals surface area contributed by atoms with Gasteiger partial charge < -0.3 is 14.5 Å². The first-order valence-electron chi connectivity index (χ1n) is 5.79. The number of esters is 1. The van der Waals surface area contributed by atoms with E-state index in [-0.39, 0.29) is 5.69 Å². The van der Waals surface area contributed by atoms with Crippen molar-refractivity contribution in [3.05, 3.63) is 41.9 Å². The molecule has 1 aromatic heterocycles. The van der Waals surface area contributed by atoms with Gasteiger partial charge in [0, 0.05) is 16.5 Å². The molecule has 0 amide bonds. The van der Waals surface area contributed by atoms with Crippen LogP contribution < -0.4 is 0 Å². The van der Waals surface area contributed by atoms with Gasteiger partial charge in [0.1, 0.15) is 17.3 Å². The monoisotopic (exact) mass is 263 g/mol. The molecule has 1 aromatic carbocycles. The van der Waals surface area contributed by atoms with E-state index in [4.69, 9.17) is 4.74 Å². The number of aromatic nitrogens is 1. The van der Waals surface area contributed by atoms with E-state index in [9.17, 15) is 9.18 Å². The Morgan fingerprint density at radius 2 is 2.16 bits per heavy atom. The van der Waals surface area contributed by atoms with Gasteiger partial charge >= 0.3 is 5.97 Å². The second kappa shape index (κ2) is 5.14. The smallest absolute Gasteiger partial charge is 0.354 e. The van der Waals surface area contributed by atoms with Crippen LogP contribution in [0.15, 0.2) is 24.8 Å². The molecule has 0 saturated carbocycles. The summed E-state index contributed by atoms with van der Waals surface area (Å²) >= 11 is 0. The molecule has 1 N–H and O–H groups in total. The Balaban J connectivity index is 2.60. The van der Waals surface area contributed by atoms with Gasteiger partial charge in [-0.1, -0.05) is 6.58 Å². The van der Waals surface area contributed by atoms with Gasteiger partial charge in [0.15, 0.2) is 0 Å². The van der Waals surface area contributed by atoms with E-state index in [0.29, 0.717) is 28.8 Å². The summed E-state index contributed by atoms with van der Waals surface area (Å²) in [5, 5.41) is 0.667. The van der Waals surface area contributed by atoms with Gasteiger partial charge in [-0.05, 0) is 25.1 Å². The lowest BCUT2D eigenvalue weighted by Gasteiger charge is -2.08. The molecule has 4 nitrogen and oxygen atoms in total. The molecule has 5 heteroatoms. The van der Waals surface area contributed by atoms with Crippen LogP contribution in [0, 0.1) is 5.82 Å². The molecule has 0 bridgehead atoms. The second-order valence-electron chi connectivity index (χ2n) is 3.95. The fourth-order valence-electron chi connectivity index (χ4n) is 1.91. The first-order valence-corrected chi connectivity index (χ1v) is 5.79. The molecule has 0 spiro atoms. The summed E-state index contributed by atoms with van der Waals surface area (Å²) in [7, 11) is 1.29. The Kier molecular flexibility index (Phi) is 3.55. The Hall–Kier alpha value is -2.30. The van der Waals surface area contributed by atoms with Crippen molar-refractivity contribution in [1.29, 1.82) is 0 Å². The summed E-state index contributed by atoms with van der Waals surface area (Å²) < 4.78 is 23.5. The summed E-state index contributed by atoms with van der Waals surface area (Å²) in [6, 6.07) is 4.24. The van der Waals surface area contributed by atoms with Crippen LogP contribution in [0.25, 0.3) is 16.7 Å². The van der Waals surface area contributed by atoms with Crippen molar-refractivity contribution in [1.82, 2.24) is 4.98 Å². The highest BCUT2D eigenvalue weighted by atomic mass is 19.1. The first kappa shape index (κ1) is 13.1. The van der Waals surface area contributed by atoms with E-state index in [1.165, 1.54) is 19.2 Å². The Morgan fingerprint density at radius 3 is 2.79 bits per heavy atom. The van der Waals surface area contributed by atoms with Crippen LogP contribution >= 0.6 is 0 Å². The quantitative estimate of drug-likeness (QED) is 0.681. The van der Waals surface area contributed by atoms with E-state index in [1.54, 1.807) is 6.07 Å². The van der Waals surface area contributed by atoms with Crippen LogP contribution in [0.5, 0.6) is 0 Å². The second-order valence-corrected chi connectivity index (χ2v) is 3.95. The summed E-state index contributed by atoms with van der Waals surface area (Å²) in [6.07, 6.45) is 0. The molecular formula is C14H14FNO3. The average Bonchev–Trinajstić information content (AvgIpc) is 2.80. The van der Waals surface area contributed by atoms with Gasteiger partial charge in [-0.3, -0.25) is 0 Å². The molecule has 0 saturated heterocycles. The average molecular weight is 263 g/mol. The maximum absolute atomic E-state index is 13.6. The maximum Gasteiger partial charge on any atom is 0.354 e. The van der Waals surface area contributed by atoms with Crippen molar-refractivity contribution >= 4 is 22.6 Å². The van der Waals surface area contributed by atoms with Crippen LogP contribution in [0.1, 0.15) is 23.0 Å². The van der Waals surface area contributed by atoms with Gasteiger partial charge in [-0.2, -0.15) is 0 Å². The first-order chi connectivity index (χ1) is 9.06. The summed E-state index contributed by atoms with van der Waals surface area (Å²) in [6.45, 7) is 6.01. The molecule has 0 radical (unpaired) electrons. The highest BCUT2D eigenvalue weighted by molar-refractivity contribution is 5.98. The van der Waals surface area contributed by atoms with Crippen molar-refractivity contribution < 1.29 is 18.7 Å². The highest BCUT2D eigenvalue weighted by Gasteiger charge is 2.15. The number of benzene rings is 1. The Bertz CT molecular complexity index is 645. The molecule has 0 unspecified atom stereocenters. The molecule has 0 aliphatic heterocycles. The van der Waals surface area contributed by atoms with E-state index >= 15 is 0 Å². The summed E-state index contributed by atoms with van der Waals surface area (Å²) in [5.74, 6) is -0.575. The number of halogens is 1. The van der Waals surface area contributed by atoms with Crippen LogP contribution in [0.2, 0.25) is 0 Å². The van der Waals surface area contributed by atoms with Gasteiger partial charge in [0.25, 0.3) is 0 Å². The minimum Gasteiger partial charge on any atom is -0.494 e. The number of hydrogen-bond donors (Lipinski definition) is 1. The van der Waals surface area contributed by atoms with Gasteiger partial charge in [-0.15, -0.1) is 0 Å². The van der Waals surface area contributed by atoms with Crippen molar-refractivity contribution in [2.75, 3.05) is 13.7 Å². The predicted molar refractivity (Wildman–Crippen MR) is 70.3 cm³/mol. The number of carbonyl (C=O) groups excluding carboxylic acids is 1. The summed E-state index contributed by atoms with van der Waals surface area (Å²) in [5.41, 5.74) is 1.27. The van der Waals surface area contributed by atoms with E-state index in [2.05, 4.69) is 16.3 Å².